The molecule has 0 radical (unpaired) electrons. The number of rotatable bonds is 4. The van der Waals surface area contributed by atoms with Crippen LogP contribution in [0.15, 0.2) is 18.3 Å². The van der Waals surface area contributed by atoms with E-state index in [4.69, 9.17) is 0 Å². The van der Waals surface area contributed by atoms with Crippen molar-refractivity contribution in [2.75, 3.05) is 38.1 Å². The SMILES string of the molecule is CNC1CCN(Cc2ccnc(N3CCCC3)c2)CC1.Cl. The molecule has 4 nitrogen and oxygen atoms in total. The molecule has 0 bridgehead atoms. The van der Waals surface area contributed by atoms with Gasteiger partial charge in [-0.2, -0.15) is 0 Å². The summed E-state index contributed by atoms with van der Waals surface area (Å²) < 4.78 is 0. The largest absolute Gasteiger partial charge is 0.357 e. The highest BCUT2D eigenvalue weighted by atomic mass is 35.5. The van der Waals surface area contributed by atoms with E-state index in [1.165, 1.54) is 63.2 Å². The fourth-order valence-electron chi connectivity index (χ4n) is 3.32. The molecule has 1 N–H and O–H groups in total. The Labute approximate surface area is 134 Å². The zero-order chi connectivity index (χ0) is 13.8. The number of piperidine rings is 1. The summed E-state index contributed by atoms with van der Waals surface area (Å²) in [5.74, 6) is 1.17. The summed E-state index contributed by atoms with van der Waals surface area (Å²) in [6, 6.07) is 5.17. The van der Waals surface area contributed by atoms with Crippen LogP contribution in [0.5, 0.6) is 0 Å². The molecule has 0 aromatic carbocycles. The van der Waals surface area contributed by atoms with E-state index >= 15 is 0 Å². The first-order valence-corrected chi connectivity index (χ1v) is 7.94. The van der Waals surface area contributed by atoms with Gasteiger partial charge in [-0.25, -0.2) is 4.98 Å². The predicted octanol–water partition coefficient (Wildman–Crippen LogP) is 2.29. The van der Waals surface area contributed by atoms with Gasteiger partial charge in [0, 0.05) is 31.9 Å². The number of nitrogens with zero attached hydrogens (tertiary/aromatic N) is 3. The molecule has 21 heavy (non-hydrogen) atoms. The van der Waals surface area contributed by atoms with Crippen LogP contribution < -0.4 is 10.2 Å². The van der Waals surface area contributed by atoms with Gasteiger partial charge >= 0.3 is 0 Å². The maximum Gasteiger partial charge on any atom is 0.128 e. The molecule has 0 amide bonds. The second kappa shape index (κ2) is 7.97. The molecule has 1 aromatic rings. The lowest BCUT2D eigenvalue weighted by molar-refractivity contribution is 0.194. The standard InChI is InChI=1S/C16H26N4.ClH/c1-17-15-5-10-19(11-6-15)13-14-4-7-18-16(12-14)20-8-2-3-9-20;/h4,7,12,15,17H,2-3,5-6,8-11,13H2,1H3;1H. The Hall–Kier alpha value is -0.840. The van der Waals surface area contributed by atoms with Crippen LogP contribution in [0.25, 0.3) is 0 Å². The average Bonchev–Trinajstić information content (AvgIpc) is 3.03. The Balaban J connectivity index is 0.00000161. The highest BCUT2D eigenvalue weighted by molar-refractivity contribution is 5.85. The van der Waals surface area contributed by atoms with Gasteiger partial charge in [-0.3, -0.25) is 4.90 Å². The fraction of sp³-hybridized carbons (Fsp3) is 0.688. The van der Waals surface area contributed by atoms with Crippen LogP contribution in [-0.4, -0.2) is 49.2 Å². The van der Waals surface area contributed by atoms with E-state index in [1.54, 1.807) is 0 Å². The molecule has 3 heterocycles. The fourth-order valence-corrected chi connectivity index (χ4v) is 3.32. The van der Waals surface area contributed by atoms with Crippen molar-refractivity contribution in [3.63, 3.8) is 0 Å². The third kappa shape index (κ3) is 4.31. The van der Waals surface area contributed by atoms with E-state index < -0.39 is 0 Å². The number of hydrogen-bond acceptors (Lipinski definition) is 4. The molecule has 0 aliphatic carbocycles. The molecule has 2 fully saturated rings. The molecule has 2 aliphatic heterocycles. The third-order valence-electron chi connectivity index (χ3n) is 4.64. The van der Waals surface area contributed by atoms with Crippen LogP contribution in [0.2, 0.25) is 0 Å². The number of nitrogens with one attached hydrogen (secondary N) is 1. The Bertz CT molecular complexity index is 426. The average molecular weight is 311 g/mol. The van der Waals surface area contributed by atoms with Crippen LogP contribution in [0.1, 0.15) is 31.2 Å². The van der Waals surface area contributed by atoms with Gasteiger partial charge in [0.1, 0.15) is 5.82 Å². The highest BCUT2D eigenvalue weighted by Gasteiger charge is 2.18. The topological polar surface area (TPSA) is 31.4 Å². The van der Waals surface area contributed by atoms with Gasteiger partial charge in [0.15, 0.2) is 0 Å². The molecule has 1 aromatic heterocycles. The molecular weight excluding hydrogens is 284 g/mol. The van der Waals surface area contributed by atoms with E-state index in [-0.39, 0.29) is 12.4 Å². The zero-order valence-corrected chi connectivity index (χ0v) is 13.7. The van der Waals surface area contributed by atoms with Crippen LogP contribution >= 0.6 is 12.4 Å². The molecule has 0 spiro atoms. The maximum absolute atomic E-state index is 4.54. The smallest absolute Gasteiger partial charge is 0.128 e. The maximum atomic E-state index is 4.54. The second-order valence-electron chi connectivity index (χ2n) is 6.06. The van der Waals surface area contributed by atoms with Crippen LogP contribution in [-0.2, 0) is 6.54 Å². The lowest BCUT2D eigenvalue weighted by Gasteiger charge is -2.31. The molecule has 2 aliphatic rings. The van der Waals surface area contributed by atoms with Crippen LogP contribution in [0.4, 0.5) is 5.82 Å². The number of aromatic nitrogens is 1. The van der Waals surface area contributed by atoms with E-state index in [2.05, 4.69) is 39.3 Å². The zero-order valence-electron chi connectivity index (χ0n) is 12.9. The molecule has 0 unspecified atom stereocenters. The Morgan fingerprint density at radius 1 is 1.19 bits per heavy atom. The quantitative estimate of drug-likeness (QED) is 0.924. The third-order valence-corrected chi connectivity index (χ3v) is 4.64. The Morgan fingerprint density at radius 3 is 2.57 bits per heavy atom. The van der Waals surface area contributed by atoms with Gasteiger partial charge in [-0.1, -0.05) is 0 Å². The van der Waals surface area contributed by atoms with Crippen molar-refractivity contribution in [2.45, 2.75) is 38.3 Å². The van der Waals surface area contributed by atoms with Gasteiger partial charge in [0.2, 0.25) is 0 Å². The van der Waals surface area contributed by atoms with Crippen molar-refractivity contribution in [1.29, 1.82) is 0 Å². The van der Waals surface area contributed by atoms with Crippen molar-refractivity contribution in [2.24, 2.45) is 0 Å². The summed E-state index contributed by atoms with van der Waals surface area (Å²) in [6.45, 7) is 5.81. The Kier molecular flexibility index (Phi) is 6.27. The summed E-state index contributed by atoms with van der Waals surface area (Å²) in [5, 5.41) is 3.39. The number of likely N-dealkylation sites (tertiary alicyclic amines) is 1. The minimum atomic E-state index is 0. The van der Waals surface area contributed by atoms with E-state index in [0.29, 0.717) is 6.04 Å². The van der Waals surface area contributed by atoms with Gasteiger partial charge < -0.3 is 10.2 Å². The summed E-state index contributed by atoms with van der Waals surface area (Å²) in [5.41, 5.74) is 1.41. The summed E-state index contributed by atoms with van der Waals surface area (Å²) in [4.78, 5) is 9.52. The molecule has 0 atom stereocenters. The van der Waals surface area contributed by atoms with Crippen molar-refractivity contribution < 1.29 is 0 Å². The molecule has 2 saturated heterocycles. The van der Waals surface area contributed by atoms with Crippen LogP contribution in [0.3, 0.4) is 0 Å². The number of hydrogen-bond donors (Lipinski definition) is 1. The minimum Gasteiger partial charge on any atom is -0.357 e. The summed E-state index contributed by atoms with van der Waals surface area (Å²) >= 11 is 0. The van der Waals surface area contributed by atoms with Crippen molar-refractivity contribution in [3.8, 4) is 0 Å². The first-order valence-electron chi connectivity index (χ1n) is 7.94. The van der Waals surface area contributed by atoms with Gasteiger partial charge in [-0.05, 0) is 63.5 Å². The summed E-state index contributed by atoms with van der Waals surface area (Å²) in [6.07, 6.45) is 7.12. The van der Waals surface area contributed by atoms with Crippen molar-refractivity contribution in [3.05, 3.63) is 23.9 Å². The van der Waals surface area contributed by atoms with Gasteiger partial charge in [0.25, 0.3) is 0 Å². The van der Waals surface area contributed by atoms with E-state index in [0.717, 1.165) is 6.54 Å². The molecule has 0 saturated carbocycles. The number of pyridine rings is 1. The number of anilines is 1. The predicted molar refractivity (Wildman–Crippen MR) is 90.3 cm³/mol. The summed E-state index contributed by atoms with van der Waals surface area (Å²) in [7, 11) is 2.07. The first kappa shape index (κ1) is 16.5. The highest BCUT2D eigenvalue weighted by Crippen LogP contribution is 2.20. The Morgan fingerprint density at radius 2 is 1.90 bits per heavy atom. The van der Waals surface area contributed by atoms with Crippen molar-refractivity contribution in [1.82, 2.24) is 15.2 Å². The van der Waals surface area contributed by atoms with E-state index in [9.17, 15) is 0 Å². The van der Waals surface area contributed by atoms with E-state index in [1.807, 2.05) is 6.20 Å². The lowest BCUT2D eigenvalue weighted by atomic mass is 10.0. The first-order chi connectivity index (χ1) is 9.85. The molecular formula is C16H27ClN4. The normalized spacial score (nSPS) is 20.5. The molecule has 3 rings (SSSR count). The number of halogens is 1. The van der Waals surface area contributed by atoms with Crippen LogP contribution in [0, 0.1) is 0 Å². The molecule has 5 heteroatoms. The van der Waals surface area contributed by atoms with Crippen molar-refractivity contribution >= 4 is 18.2 Å². The second-order valence-corrected chi connectivity index (χ2v) is 6.06. The molecule has 118 valence electrons. The van der Waals surface area contributed by atoms with Gasteiger partial charge in [-0.15, -0.1) is 12.4 Å². The monoisotopic (exact) mass is 310 g/mol. The van der Waals surface area contributed by atoms with Gasteiger partial charge in [0.05, 0.1) is 0 Å². The minimum absolute atomic E-state index is 0. The lowest BCUT2D eigenvalue weighted by Crippen LogP contribution is -2.40.